The van der Waals surface area contributed by atoms with Crippen LogP contribution in [0.5, 0.6) is 11.5 Å². The number of ether oxygens (including phenoxy) is 2. The Bertz CT molecular complexity index is 806. The average molecular weight is 399 g/mol. The molecule has 0 fully saturated rings. The van der Waals surface area contributed by atoms with Crippen LogP contribution in [0.1, 0.15) is 48.5 Å². The topological polar surface area (TPSA) is 88.7 Å². The molecule has 2 rings (SSSR count). The van der Waals surface area contributed by atoms with E-state index in [0.29, 0.717) is 22.7 Å². The summed E-state index contributed by atoms with van der Waals surface area (Å²) in [5.74, 6) is 0.662. The van der Waals surface area contributed by atoms with Crippen molar-refractivity contribution in [2.45, 2.75) is 39.0 Å². The van der Waals surface area contributed by atoms with Crippen LogP contribution < -0.4 is 25.6 Å². The van der Waals surface area contributed by atoms with E-state index >= 15 is 0 Å². The average Bonchev–Trinajstić information content (AvgIpc) is 2.75. The summed E-state index contributed by atoms with van der Waals surface area (Å²) in [5.41, 5.74) is 6.86. The number of hydrogen-bond acceptors (Lipinski definition) is 4. The van der Waals surface area contributed by atoms with Crippen LogP contribution in [-0.4, -0.2) is 26.2 Å². The van der Waals surface area contributed by atoms with Crippen molar-refractivity contribution in [3.63, 3.8) is 0 Å². The molecule has 2 aromatic carbocycles. The maximum Gasteiger partial charge on any atom is 0.338 e. The molecule has 0 aliphatic rings. The number of anilines is 1. The van der Waals surface area contributed by atoms with Gasteiger partial charge in [-0.2, -0.15) is 0 Å². The van der Waals surface area contributed by atoms with Crippen LogP contribution in [-0.2, 0) is 6.42 Å². The third kappa shape index (κ3) is 7.03. The number of aryl methyl sites for hydroxylation is 1. The first-order valence-electron chi connectivity index (χ1n) is 9.75. The van der Waals surface area contributed by atoms with E-state index < -0.39 is 6.03 Å². The summed E-state index contributed by atoms with van der Waals surface area (Å²) in [5, 5.41) is 2.62. The van der Waals surface area contributed by atoms with Crippen molar-refractivity contribution < 1.29 is 19.1 Å². The molecule has 7 nitrogen and oxygen atoms in total. The first kappa shape index (κ1) is 22.1. The number of nitrogens with one attached hydrogen (secondary N) is 3. The van der Waals surface area contributed by atoms with Crippen molar-refractivity contribution in [3.8, 4) is 11.5 Å². The van der Waals surface area contributed by atoms with Gasteiger partial charge in [-0.1, -0.05) is 38.3 Å². The smallest absolute Gasteiger partial charge is 0.338 e. The molecule has 3 amide bonds. The maximum atomic E-state index is 12.2. The number of methoxy groups -OCH3 is 2. The number of benzene rings is 2. The van der Waals surface area contributed by atoms with Crippen molar-refractivity contribution in [1.82, 2.24) is 10.9 Å². The van der Waals surface area contributed by atoms with Crippen molar-refractivity contribution >= 4 is 17.6 Å². The Morgan fingerprint density at radius 2 is 1.66 bits per heavy atom. The van der Waals surface area contributed by atoms with E-state index in [4.69, 9.17) is 9.47 Å². The van der Waals surface area contributed by atoms with Gasteiger partial charge in [0.25, 0.3) is 5.91 Å². The Kier molecular flexibility index (Phi) is 8.82. The van der Waals surface area contributed by atoms with Gasteiger partial charge in [-0.25, -0.2) is 10.2 Å². The number of amides is 3. The molecule has 0 aliphatic heterocycles. The number of carbonyl (C=O) groups is 2. The Morgan fingerprint density at radius 1 is 0.897 bits per heavy atom. The van der Waals surface area contributed by atoms with Crippen LogP contribution in [0, 0.1) is 0 Å². The van der Waals surface area contributed by atoms with Gasteiger partial charge in [-0.15, -0.1) is 0 Å². The van der Waals surface area contributed by atoms with Crippen LogP contribution in [0.25, 0.3) is 0 Å². The molecule has 0 unspecified atom stereocenters. The standard InChI is InChI=1S/C22H29N3O4/c1-4-5-6-7-8-16-9-11-17(12-10-16)21(26)24-25-22(27)23-19-14-13-18(28-2)15-20(19)29-3/h9-15H,4-8H2,1-3H3,(H,24,26)(H2,23,25,27). The van der Waals surface area contributed by atoms with E-state index in [-0.39, 0.29) is 5.91 Å². The highest BCUT2D eigenvalue weighted by molar-refractivity contribution is 5.97. The maximum absolute atomic E-state index is 12.2. The number of hydrogen-bond donors (Lipinski definition) is 3. The molecule has 156 valence electrons. The molecule has 0 atom stereocenters. The Labute approximate surface area is 171 Å². The summed E-state index contributed by atoms with van der Waals surface area (Å²) in [6.45, 7) is 2.19. The van der Waals surface area contributed by atoms with Gasteiger partial charge >= 0.3 is 6.03 Å². The highest BCUT2D eigenvalue weighted by Gasteiger charge is 2.11. The van der Waals surface area contributed by atoms with Crippen molar-refractivity contribution in [2.75, 3.05) is 19.5 Å². The highest BCUT2D eigenvalue weighted by Crippen LogP contribution is 2.28. The summed E-state index contributed by atoms with van der Waals surface area (Å²) < 4.78 is 10.3. The fraction of sp³-hybridized carbons (Fsp3) is 0.364. The Morgan fingerprint density at radius 3 is 2.31 bits per heavy atom. The van der Waals surface area contributed by atoms with Gasteiger partial charge in [-0.3, -0.25) is 10.2 Å². The van der Waals surface area contributed by atoms with E-state index in [1.54, 1.807) is 37.4 Å². The van der Waals surface area contributed by atoms with Crippen LogP contribution in [0.15, 0.2) is 42.5 Å². The van der Waals surface area contributed by atoms with E-state index in [0.717, 1.165) is 12.8 Å². The lowest BCUT2D eigenvalue weighted by molar-refractivity contribution is 0.0938. The molecular weight excluding hydrogens is 370 g/mol. The van der Waals surface area contributed by atoms with Crippen molar-refractivity contribution in [1.29, 1.82) is 0 Å². The summed E-state index contributed by atoms with van der Waals surface area (Å²) in [7, 11) is 3.04. The molecule has 0 aliphatic carbocycles. The zero-order chi connectivity index (χ0) is 21.1. The molecule has 2 aromatic rings. The van der Waals surface area contributed by atoms with Gasteiger partial charge in [0.05, 0.1) is 19.9 Å². The number of urea groups is 1. The van der Waals surface area contributed by atoms with Gasteiger partial charge in [0, 0.05) is 11.6 Å². The van der Waals surface area contributed by atoms with Crippen LogP contribution in [0.2, 0.25) is 0 Å². The largest absolute Gasteiger partial charge is 0.497 e. The third-order valence-electron chi connectivity index (χ3n) is 4.48. The van der Waals surface area contributed by atoms with Crippen LogP contribution in [0.3, 0.4) is 0 Å². The quantitative estimate of drug-likeness (QED) is 0.433. The van der Waals surface area contributed by atoms with Gasteiger partial charge < -0.3 is 14.8 Å². The number of carbonyl (C=O) groups excluding carboxylic acids is 2. The summed E-state index contributed by atoms with van der Waals surface area (Å²) in [6, 6.07) is 11.8. The van der Waals surface area contributed by atoms with E-state index in [9.17, 15) is 9.59 Å². The minimum atomic E-state index is -0.589. The minimum absolute atomic E-state index is 0.389. The molecule has 0 saturated carbocycles. The second kappa shape index (κ2) is 11.6. The second-order valence-corrected chi connectivity index (χ2v) is 6.61. The van der Waals surface area contributed by atoms with Gasteiger partial charge in [0.1, 0.15) is 11.5 Å². The van der Waals surface area contributed by atoms with Crippen molar-refractivity contribution in [2.24, 2.45) is 0 Å². The first-order chi connectivity index (χ1) is 14.1. The number of rotatable bonds is 9. The molecular formula is C22H29N3O4. The van der Waals surface area contributed by atoms with Gasteiger partial charge in [0.2, 0.25) is 0 Å². The van der Waals surface area contributed by atoms with Crippen LogP contribution >= 0.6 is 0 Å². The highest BCUT2D eigenvalue weighted by atomic mass is 16.5. The fourth-order valence-electron chi connectivity index (χ4n) is 2.82. The van der Waals surface area contributed by atoms with E-state index in [1.165, 1.54) is 31.9 Å². The molecule has 29 heavy (non-hydrogen) atoms. The molecule has 3 N–H and O–H groups in total. The molecule has 0 saturated heterocycles. The lowest BCUT2D eigenvalue weighted by atomic mass is 10.0. The number of unbranched alkanes of at least 4 members (excludes halogenated alkanes) is 3. The number of hydrazine groups is 1. The molecule has 0 aromatic heterocycles. The predicted octanol–water partition coefficient (Wildman–Crippen LogP) is 4.29. The molecule has 0 spiro atoms. The lowest BCUT2D eigenvalue weighted by Crippen LogP contribution is -2.43. The predicted molar refractivity (Wildman–Crippen MR) is 113 cm³/mol. The zero-order valence-electron chi connectivity index (χ0n) is 17.2. The minimum Gasteiger partial charge on any atom is -0.497 e. The van der Waals surface area contributed by atoms with Gasteiger partial charge in [0.15, 0.2) is 0 Å². The Balaban J connectivity index is 1.83. The third-order valence-corrected chi connectivity index (χ3v) is 4.48. The fourth-order valence-corrected chi connectivity index (χ4v) is 2.82. The van der Waals surface area contributed by atoms with Gasteiger partial charge in [-0.05, 0) is 42.7 Å². The monoisotopic (exact) mass is 399 g/mol. The summed E-state index contributed by atoms with van der Waals surface area (Å²) in [4.78, 5) is 24.3. The SMILES string of the molecule is CCCCCCc1ccc(C(=O)NNC(=O)Nc2ccc(OC)cc2OC)cc1. The van der Waals surface area contributed by atoms with E-state index in [2.05, 4.69) is 23.1 Å². The lowest BCUT2D eigenvalue weighted by Gasteiger charge is -2.13. The summed E-state index contributed by atoms with van der Waals surface area (Å²) in [6.07, 6.45) is 5.83. The van der Waals surface area contributed by atoms with E-state index in [1.807, 2.05) is 12.1 Å². The normalized spacial score (nSPS) is 10.2. The first-order valence-corrected chi connectivity index (χ1v) is 9.75. The summed E-state index contributed by atoms with van der Waals surface area (Å²) >= 11 is 0. The second-order valence-electron chi connectivity index (χ2n) is 6.61. The van der Waals surface area contributed by atoms with Crippen LogP contribution in [0.4, 0.5) is 10.5 Å². The molecule has 0 bridgehead atoms. The molecule has 0 radical (unpaired) electrons. The zero-order valence-corrected chi connectivity index (χ0v) is 17.2. The molecule has 0 heterocycles. The Hall–Kier alpha value is -3.22. The molecule has 7 heteroatoms. The van der Waals surface area contributed by atoms with Crippen molar-refractivity contribution in [3.05, 3.63) is 53.6 Å².